The van der Waals surface area contributed by atoms with Crippen molar-refractivity contribution in [2.24, 2.45) is 0 Å². The zero-order valence-corrected chi connectivity index (χ0v) is 17.4. The molecule has 0 N–H and O–H groups in total. The standard InChI is InChI=1S/C24H22ClNO3/c1-15-8-10-17(11-9-15)26-23(27)13-16-12-21(28-2)22(29-3)14-19(16)24(26)18-6-4-5-7-20(18)25/h4-12,14,24H,13H2,1-3H3/t24-/m1/s1. The molecule has 0 bridgehead atoms. The summed E-state index contributed by atoms with van der Waals surface area (Å²) in [5.74, 6) is 1.25. The fraction of sp³-hybridized carbons (Fsp3) is 0.208. The molecule has 1 heterocycles. The van der Waals surface area contributed by atoms with Gasteiger partial charge in [-0.25, -0.2) is 0 Å². The van der Waals surface area contributed by atoms with Gasteiger partial charge in [0.25, 0.3) is 0 Å². The molecule has 3 aromatic rings. The second kappa shape index (κ2) is 7.80. The van der Waals surface area contributed by atoms with E-state index in [1.807, 2.05) is 72.5 Å². The number of amides is 1. The molecule has 4 nitrogen and oxygen atoms in total. The minimum atomic E-state index is -0.359. The lowest BCUT2D eigenvalue weighted by molar-refractivity contribution is -0.118. The van der Waals surface area contributed by atoms with Gasteiger partial charge < -0.3 is 14.4 Å². The van der Waals surface area contributed by atoms with E-state index in [4.69, 9.17) is 21.1 Å². The monoisotopic (exact) mass is 407 g/mol. The Balaban J connectivity index is 1.97. The van der Waals surface area contributed by atoms with Crippen molar-refractivity contribution in [3.63, 3.8) is 0 Å². The minimum absolute atomic E-state index is 0.0125. The first-order chi connectivity index (χ1) is 14.0. The molecule has 148 valence electrons. The number of aryl methyl sites for hydroxylation is 1. The number of carbonyl (C=O) groups excluding carboxylic acids is 1. The van der Waals surface area contributed by atoms with E-state index in [0.717, 1.165) is 27.9 Å². The number of anilines is 1. The number of halogens is 1. The van der Waals surface area contributed by atoms with E-state index in [-0.39, 0.29) is 18.4 Å². The number of hydrogen-bond acceptors (Lipinski definition) is 3. The molecule has 0 saturated heterocycles. The molecule has 0 fully saturated rings. The second-order valence-corrected chi connectivity index (χ2v) is 7.51. The van der Waals surface area contributed by atoms with Crippen molar-refractivity contribution >= 4 is 23.2 Å². The first-order valence-corrected chi connectivity index (χ1v) is 9.79. The maximum absolute atomic E-state index is 13.3. The van der Waals surface area contributed by atoms with Gasteiger partial charge in [-0.2, -0.15) is 0 Å². The van der Waals surface area contributed by atoms with Crippen molar-refractivity contribution in [3.8, 4) is 11.5 Å². The molecule has 0 unspecified atom stereocenters. The van der Waals surface area contributed by atoms with Crippen molar-refractivity contribution in [1.82, 2.24) is 0 Å². The van der Waals surface area contributed by atoms with Crippen LogP contribution in [-0.4, -0.2) is 20.1 Å². The molecule has 1 amide bonds. The largest absolute Gasteiger partial charge is 0.493 e. The van der Waals surface area contributed by atoms with Crippen LogP contribution in [0.25, 0.3) is 0 Å². The third-order valence-corrected chi connectivity index (χ3v) is 5.66. The maximum atomic E-state index is 13.3. The number of nitrogens with zero attached hydrogens (tertiary/aromatic N) is 1. The van der Waals surface area contributed by atoms with Crippen LogP contribution in [0.3, 0.4) is 0 Å². The highest BCUT2D eigenvalue weighted by Gasteiger charge is 2.36. The lowest BCUT2D eigenvalue weighted by Crippen LogP contribution is -2.41. The molecule has 1 aliphatic heterocycles. The summed E-state index contributed by atoms with van der Waals surface area (Å²) in [4.78, 5) is 15.1. The van der Waals surface area contributed by atoms with Gasteiger partial charge in [0.2, 0.25) is 5.91 Å². The highest BCUT2D eigenvalue weighted by molar-refractivity contribution is 6.31. The summed E-state index contributed by atoms with van der Waals surface area (Å²) in [6.45, 7) is 2.03. The Bertz CT molecular complexity index is 1060. The third kappa shape index (κ3) is 3.45. The maximum Gasteiger partial charge on any atom is 0.232 e. The quantitative estimate of drug-likeness (QED) is 0.585. The molecule has 0 aliphatic carbocycles. The van der Waals surface area contributed by atoms with Crippen LogP contribution in [0.15, 0.2) is 60.7 Å². The topological polar surface area (TPSA) is 38.8 Å². The van der Waals surface area contributed by atoms with Crippen LogP contribution < -0.4 is 14.4 Å². The predicted molar refractivity (Wildman–Crippen MR) is 115 cm³/mol. The van der Waals surface area contributed by atoms with E-state index in [1.165, 1.54) is 0 Å². The summed E-state index contributed by atoms with van der Waals surface area (Å²) in [5, 5.41) is 0.616. The Kier molecular flexibility index (Phi) is 5.20. The van der Waals surface area contributed by atoms with Gasteiger partial charge in [-0.15, -0.1) is 0 Å². The van der Waals surface area contributed by atoms with Crippen molar-refractivity contribution in [2.45, 2.75) is 19.4 Å². The summed E-state index contributed by atoms with van der Waals surface area (Å²) in [6, 6.07) is 19.1. The lowest BCUT2D eigenvalue weighted by atomic mass is 9.86. The number of rotatable bonds is 4. The lowest BCUT2D eigenvalue weighted by Gasteiger charge is -2.38. The Morgan fingerprint density at radius 1 is 0.931 bits per heavy atom. The van der Waals surface area contributed by atoms with Crippen LogP contribution >= 0.6 is 11.6 Å². The number of carbonyl (C=O) groups is 1. The van der Waals surface area contributed by atoms with E-state index in [0.29, 0.717) is 16.5 Å². The molecule has 0 spiro atoms. The molecular formula is C24H22ClNO3. The van der Waals surface area contributed by atoms with Crippen LogP contribution in [0.1, 0.15) is 28.3 Å². The zero-order chi connectivity index (χ0) is 20.5. The molecule has 0 radical (unpaired) electrons. The fourth-order valence-electron chi connectivity index (χ4n) is 3.88. The number of ether oxygens (including phenoxy) is 2. The first kappa shape index (κ1) is 19.3. The second-order valence-electron chi connectivity index (χ2n) is 7.11. The normalized spacial score (nSPS) is 15.8. The van der Waals surface area contributed by atoms with Gasteiger partial charge in [-0.1, -0.05) is 47.5 Å². The SMILES string of the molecule is COc1cc2c(cc1OC)[C@@H](c1ccccc1Cl)N(c1ccc(C)cc1)C(=O)C2. The fourth-order valence-corrected chi connectivity index (χ4v) is 4.12. The van der Waals surface area contributed by atoms with E-state index < -0.39 is 0 Å². The van der Waals surface area contributed by atoms with E-state index in [2.05, 4.69) is 0 Å². The summed E-state index contributed by atoms with van der Waals surface area (Å²) in [7, 11) is 3.21. The molecule has 1 aliphatic rings. The molecular weight excluding hydrogens is 386 g/mol. The molecule has 1 atom stereocenters. The molecule has 0 aromatic heterocycles. The number of benzene rings is 3. The van der Waals surface area contributed by atoms with Crippen molar-refractivity contribution in [3.05, 3.63) is 87.9 Å². The van der Waals surface area contributed by atoms with Crippen LogP contribution in [0.5, 0.6) is 11.5 Å². The Morgan fingerprint density at radius 3 is 2.24 bits per heavy atom. The molecule has 4 rings (SSSR count). The highest BCUT2D eigenvalue weighted by Crippen LogP contribution is 2.44. The van der Waals surface area contributed by atoms with Crippen LogP contribution in [0, 0.1) is 6.92 Å². The van der Waals surface area contributed by atoms with Gasteiger partial charge in [0, 0.05) is 10.7 Å². The number of methoxy groups -OCH3 is 2. The zero-order valence-electron chi connectivity index (χ0n) is 16.6. The Hall–Kier alpha value is -2.98. The molecule has 3 aromatic carbocycles. The minimum Gasteiger partial charge on any atom is -0.493 e. The van der Waals surface area contributed by atoms with E-state index >= 15 is 0 Å². The van der Waals surface area contributed by atoms with Crippen molar-refractivity contribution in [2.75, 3.05) is 19.1 Å². The highest BCUT2D eigenvalue weighted by atomic mass is 35.5. The van der Waals surface area contributed by atoms with Gasteiger partial charge in [0.1, 0.15) is 0 Å². The summed E-state index contributed by atoms with van der Waals surface area (Å²) < 4.78 is 11.0. The van der Waals surface area contributed by atoms with Crippen LogP contribution in [-0.2, 0) is 11.2 Å². The molecule has 29 heavy (non-hydrogen) atoms. The van der Waals surface area contributed by atoms with Gasteiger partial charge in [-0.05, 0) is 53.9 Å². The Morgan fingerprint density at radius 2 is 1.59 bits per heavy atom. The van der Waals surface area contributed by atoms with Crippen molar-refractivity contribution in [1.29, 1.82) is 0 Å². The van der Waals surface area contributed by atoms with E-state index in [9.17, 15) is 4.79 Å². The van der Waals surface area contributed by atoms with E-state index in [1.54, 1.807) is 14.2 Å². The Labute approximate surface area is 175 Å². The van der Waals surface area contributed by atoms with Gasteiger partial charge in [-0.3, -0.25) is 4.79 Å². The van der Waals surface area contributed by atoms with Gasteiger partial charge in [0.15, 0.2) is 11.5 Å². The average molecular weight is 408 g/mol. The van der Waals surface area contributed by atoms with Crippen LogP contribution in [0.2, 0.25) is 5.02 Å². The van der Waals surface area contributed by atoms with Gasteiger partial charge in [0.05, 0.1) is 26.7 Å². The summed E-state index contributed by atoms with van der Waals surface area (Å²) in [6.07, 6.45) is 0.282. The smallest absolute Gasteiger partial charge is 0.232 e. The predicted octanol–water partition coefficient (Wildman–Crippen LogP) is 5.34. The summed E-state index contributed by atoms with van der Waals surface area (Å²) in [5.41, 5.74) is 4.75. The first-order valence-electron chi connectivity index (χ1n) is 9.41. The van der Waals surface area contributed by atoms with Crippen LogP contribution in [0.4, 0.5) is 5.69 Å². The van der Waals surface area contributed by atoms with Gasteiger partial charge >= 0.3 is 0 Å². The third-order valence-electron chi connectivity index (χ3n) is 5.32. The molecule has 5 heteroatoms. The number of fused-ring (bicyclic) bond motifs is 1. The average Bonchev–Trinajstić information content (AvgIpc) is 2.73. The molecule has 0 saturated carbocycles. The summed E-state index contributed by atoms with van der Waals surface area (Å²) >= 11 is 6.59. The van der Waals surface area contributed by atoms with Crippen molar-refractivity contribution < 1.29 is 14.3 Å². The number of hydrogen-bond donors (Lipinski definition) is 0.